The monoisotopic (exact) mass is 568 g/mol. The maximum absolute atomic E-state index is 13.4. The molecule has 1 aliphatic rings. The third-order valence-electron chi connectivity index (χ3n) is 8.00. The van der Waals surface area contributed by atoms with Gasteiger partial charge >= 0.3 is 0 Å². The van der Waals surface area contributed by atoms with E-state index < -0.39 is 10.0 Å². The molecule has 212 valence electrons. The molecule has 5 aromatic rings. The first-order chi connectivity index (χ1) is 19.9. The number of anilines is 2. The first kappa shape index (κ1) is 27.2. The van der Waals surface area contributed by atoms with Crippen LogP contribution in [0.2, 0.25) is 0 Å². The second kappa shape index (κ2) is 11.5. The second-order valence-electron chi connectivity index (χ2n) is 11.1. The molecule has 3 aromatic carbocycles. The lowest BCUT2D eigenvalue weighted by molar-refractivity contribution is 0.324. The average molecular weight is 569 g/mol. The molecule has 41 heavy (non-hydrogen) atoms. The van der Waals surface area contributed by atoms with Crippen LogP contribution < -0.4 is 15.5 Å². The Balaban J connectivity index is 1.07. The van der Waals surface area contributed by atoms with Crippen LogP contribution in [0.5, 0.6) is 0 Å². The van der Waals surface area contributed by atoms with Crippen LogP contribution in [0.4, 0.5) is 11.8 Å². The molecule has 0 spiro atoms. The molecule has 0 saturated heterocycles. The van der Waals surface area contributed by atoms with E-state index in [1.54, 1.807) is 30.5 Å². The van der Waals surface area contributed by atoms with E-state index in [-0.39, 0.29) is 4.90 Å². The van der Waals surface area contributed by atoms with Gasteiger partial charge in [0.25, 0.3) is 10.0 Å². The summed E-state index contributed by atoms with van der Waals surface area (Å²) in [6, 6.07) is 24.8. The number of hydrogen-bond acceptors (Lipinski definition) is 7. The first-order valence-electron chi connectivity index (χ1n) is 14.2. The van der Waals surface area contributed by atoms with Crippen LogP contribution in [0, 0.1) is 5.92 Å². The minimum absolute atomic E-state index is 0.289. The highest BCUT2D eigenvalue weighted by Crippen LogP contribution is 2.29. The summed E-state index contributed by atoms with van der Waals surface area (Å²) in [7, 11) is 0.348. The molecule has 0 unspecified atom stereocenters. The van der Waals surface area contributed by atoms with E-state index in [0.717, 1.165) is 59.9 Å². The summed E-state index contributed by atoms with van der Waals surface area (Å²) in [5.41, 5.74) is 2.64. The summed E-state index contributed by atoms with van der Waals surface area (Å²) in [5, 5.41) is 9.22. The fraction of sp³-hybridized carbons (Fsp3) is 0.312. The first-order valence-corrected chi connectivity index (χ1v) is 15.6. The van der Waals surface area contributed by atoms with Gasteiger partial charge in [-0.1, -0.05) is 48.5 Å². The molecule has 6 rings (SSSR count). The van der Waals surface area contributed by atoms with Gasteiger partial charge in [0.15, 0.2) is 0 Å². The quantitative estimate of drug-likeness (QED) is 0.237. The van der Waals surface area contributed by atoms with E-state index in [1.165, 1.54) is 3.97 Å². The van der Waals surface area contributed by atoms with E-state index in [2.05, 4.69) is 16.7 Å². The van der Waals surface area contributed by atoms with Crippen LogP contribution >= 0.6 is 0 Å². The van der Waals surface area contributed by atoms with E-state index in [1.807, 2.05) is 67.5 Å². The molecule has 1 aliphatic carbocycles. The molecule has 2 N–H and O–H groups in total. The van der Waals surface area contributed by atoms with Gasteiger partial charge in [-0.2, -0.15) is 4.98 Å². The Bertz CT molecular complexity index is 1760. The maximum atomic E-state index is 13.4. The Kier molecular flexibility index (Phi) is 7.64. The van der Waals surface area contributed by atoms with Crippen molar-refractivity contribution in [3.8, 4) is 0 Å². The highest BCUT2D eigenvalue weighted by Gasteiger charge is 2.23. The molecular weight excluding hydrogens is 532 g/mol. The van der Waals surface area contributed by atoms with E-state index in [0.29, 0.717) is 30.0 Å². The Morgan fingerprint density at radius 2 is 1.54 bits per heavy atom. The van der Waals surface area contributed by atoms with Crippen LogP contribution in [-0.2, 0) is 16.6 Å². The zero-order valence-corrected chi connectivity index (χ0v) is 24.3. The van der Waals surface area contributed by atoms with Crippen LogP contribution in [0.1, 0.15) is 31.2 Å². The smallest absolute Gasteiger partial charge is 0.268 e. The number of nitrogens with one attached hydrogen (secondary N) is 2. The van der Waals surface area contributed by atoms with Crippen molar-refractivity contribution >= 4 is 43.6 Å². The molecule has 9 heteroatoms. The summed E-state index contributed by atoms with van der Waals surface area (Å²) >= 11 is 0. The molecule has 1 saturated carbocycles. The summed E-state index contributed by atoms with van der Waals surface area (Å²) in [5.74, 6) is 2.19. The lowest BCUT2D eigenvalue weighted by Gasteiger charge is -2.29. The number of benzene rings is 3. The normalized spacial score (nSPS) is 17.6. The molecule has 0 aliphatic heterocycles. The summed E-state index contributed by atoms with van der Waals surface area (Å²) in [6.45, 7) is 1.52. The summed E-state index contributed by atoms with van der Waals surface area (Å²) in [6.07, 6.45) is 6.13. The molecule has 0 atom stereocenters. The van der Waals surface area contributed by atoms with Gasteiger partial charge in [0.1, 0.15) is 5.82 Å². The van der Waals surface area contributed by atoms with Crippen molar-refractivity contribution < 1.29 is 8.42 Å². The van der Waals surface area contributed by atoms with E-state index >= 15 is 0 Å². The van der Waals surface area contributed by atoms with Gasteiger partial charge < -0.3 is 15.5 Å². The van der Waals surface area contributed by atoms with Gasteiger partial charge in [-0.25, -0.2) is 17.4 Å². The Morgan fingerprint density at radius 1 is 0.854 bits per heavy atom. The topological polar surface area (TPSA) is 92.2 Å². The number of aromatic nitrogens is 3. The number of fused-ring (bicyclic) bond motifs is 2. The van der Waals surface area contributed by atoms with Crippen LogP contribution in [0.25, 0.3) is 21.8 Å². The fourth-order valence-corrected chi connectivity index (χ4v) is 7.25. The molecule has 1 fully saturated rings. The Labute approximate surface area is 241 Å². The maximum Gasteiger partial charge on any atom is 0.268 e. The number of nitrogens with zero attached hydrogens (tertiary/aromatic N) is 4. The van der Waals surface area contributed by atoms with Crippen molar-refractivity contribution in [2.75, 3.05) is 30.9 Å². The highest BCUT2D eigenvalue weighted by molar-refractivity contribution is 7.90. The van der Waals surface area contributed by atoms with Crippen LogP contribution in [0.3, 0.4) is 0 Å². The van der Waals surface area contributed by atoms with Crippen molar-refractivity contribution in [1.29, 1.82) is 0 Å². The van der Waals surface area contributed by atoms with Crippen LogP contribution in [0.15, 0.2) is 90.0 Å². The SMILES string of the molecule is CN(C)c1nc(N[C@H]2CC[C@@H](CNCc3cn(S(=O)(=O)c4ccccc4)c4ccccc34)CC2)nc2ccccc12. The number of hydrogen-bond donors (Lipinski definition) is 2. The zero-order valence-electron chi connectivity index (χ0n) is 23.5. The largest absolute Gasteiger partial charge is 0.362 e. The highest BCUT2D eigenvalue weighted by atomic mass is 32.2. The van der Waals surface area contributed by atoms with Crippen molar-refractivity contribution in [2.24, 2.45) is 5.92 Å². The number of para-hydroxylation sites is 2. The second-order valence-corrected chi connectivity index (χ2v) is 12.9. The van der Waals surface area contributed by atoms with Crippen molar-refractivity contribution in [3.05, 3.63) is 90.6 Å². The molecule has 0 amide bonds. The molecule has 0 bridgehead atoms. The minimum atomic E-state index is -3.67. The van der Waals surface area contributed by atoms with Crippen molar-refractivity contribution in [3.63, 3.8) is 0 Å². The lowest BCUT2D eigenvalue weighted by atomic mass is 9.86. The zero-order chi connectivity index (χ0) is 28.4. The summed E-state index contributed by atoms with van der Waals surface area (Å²) < 4.78 is 28.2. The predicted octanol–water partition coefficient (Wildman–Crippen LogP) is 5.65. The Hall–Kier alpha value is -3.95. The van der Waals surface area contributed by atoms with Crippen molar-refractivity contribution in [1.82, 2.24) is 19.3 Å². The standard InChI is InChI=1S/C32H36N6O2S/c1-37(2)31-28-13-6-8-14-29(28)35-32(36-31)34-25-18-16-23(17-19-25)20-33-21-24-22-38(30-15-9-7-12-27(24)30)41(39,40)26-10-4-3-5-11-26/h3-15,22-23,25,33H,16-21H2,1-2H3,(H,34,35,36)/t23-,25+. The van der Waals surface area contributed by atoms with Crippen LogP contribution in [-0.4, -0.2) is 49.0 Å². The van der Waals surface area contributed by atoms with Gasteiger partial charge in [-0.15, -0.1) is 0 Å². The van der Waals surface area contributed by atoms with Gasteiger partial charge in [-0.3, -0.25) is 0 Å². The predicted molar refractivity (Wildman–Crippen MR) is 166 cm³/mol. The molecule has 2 heterocycles. The van der Waals surface area contributed by atoms with Gasteiger partial charge in [-0.05, 0) is 74.0 Å². The fourth-order valence-electron chi connectivity index (χ4n) is 5.83. The lowest BCUT2D eigenvalue weighted by Crippen LogP contribution is -2.31. The summed E-state index contributed by atoms with van der Waals surface area (Å²) in [4.78, 5) is 11.9. The Morgan fingerprint density at radius 3 is 2.29 bits per heavy atom. The van der Waals surface area contributed by atoms with E-state index in [9.17, 15) is 8.42 Å². The van der Waals surface area contributed by atoms with Gasteiger partial charge in [0, 0.05) is 43.7 Å². The average Bonchev–Trinajstić information content (AvgIpc) is 3.37. The molecule has 8 nitrogen and oxygen atoms in total. The molecule has 2 aromatic heterocycles. The van der Waals surface area contributed by atoms with Gasteiger partial charge in [0.2, 0.25) is 5.95 Å². The third-order valence-corrected chi connectivity index (χ3v) is 9.68. The molecular formula is C32H36N6O2S. The van der Waals surface area contributed by atoms with Gasteiger partial charge in [0.05, 0.1) is 15.9 Å². The number of rotatable bonds is 9. The molecule has 0 radical (unpaired) electrons. The third kappa shape index (κ3) is 5.64. The van der Waals surface area contributed by atoms with Crippen molar-refractivity contribution in [2.45, 2.75) is 43.2 Å². The van der Waals surface area contributed by atoms with E-state index in [4.69, 9.17) is 9.97 Å². The minimum Gasteiger partial charge on any atom is -0.362 e.